The van der Waals surface area contributed by atoms with Crippen LogP contribution in [0.2, 0.25) is 0 Å². The first-order chi connectivity index (χ1) is 11.8. The topological polar surface area (TPSA) is 53.4 Å². The number of esters is 1. The maximum atomic E-state index is 12.5. The minimum absolute atomic E-state index is 0.320. The number of hydrogen-bond donors (Lipinski definition) is 0. The average Bonchev–Trinajstić information content (AvgIpc) is 2.81. The van der Waals surface area contributed by atoms with E-state index in [9.17, 15) is 4.79 Å². The Bertz CT molecular complexity index is 679. The van der Waals surface area contributed by atoms with E-state index in [0.717, 1.165) is 42.9 Å². The van der Waals surface area contributed by atoms with Gasteiger partial charge in [-0.05, 0) is 19.3 Å². The lowest BCUT2D eigenvalue weighted by atomic mass is 10.1. The maximum absolute atomic E-state index is 12.5. The molecule has 3 rings (SSSR count). The van der Waals surface area contributed by atoms with E-state index in [-0.39, 0.29) is 5.97 Å². The van der Waals surface area contributed by atoms with Crippen LogP contribution in [0.1, 0.15) is 41.9 Å². The summed E-state index contributed by atoms with van der Waals surface area (Å²) in [6.45, 7) is 1.85. The van der Waals surface area contributed by atoms with Crippen LogP contribution < -0.4 is 0 Å². The molecule has 0 bridgehead atoms. The summed E-state index contributed by atoms with van der Waals surface area (Å²) in [5.74, 6) is 0.551. The van der Waals surface area contributed by atoms with Crippen LogP contribution in [0.15, 0.2) is 30.3 Å². The lowest BCUT2D eigenvalue weighted by Crippen LogP contribution is -2.11. The summed E-state index contributed by atoms with van der Waals surface area (Å²) in [4.78, 5) is 17.2. The fourth-order valence-corrected chi connectivity index (χ4v) is 3.13. The summed E-state index contributed by atoms with van der Waals surface area (Å²) in [6, 6.07) is 10.1. The third kappa shape index (κ3) is 3.67. The summed E-state index contributed by atoms with van der Waals surface area (Å²) in [6.07, 6.45) is 4.96. The van der Waals surface area contributed by atoms with Gasteiger partial charge in [-0.25, -0.2) is 9.78 Å². The molecule has 0 atom stereocenters. The summed E-state index contributed by atoms with van der Waals surface area (Å²) in [5, 5.41) is 0. The monoisotopic (exact) mass is 328 g/mol. The Morgan fingerprint density at radius 3 is 2.79 bits per heavy atom. The average molecular weight is 328 g/mol. The van der Waals surface area contributed by atoms with Gasteiger partial charge < -0.3 is 14.0 Å². The fraction of sp³-hybridized carbons (Fsp3) is 0.474. The van der Waals surface area contributed by atoms with Gasteiger partial charge in [0.2, 0.25) is 0 Å². The summed E-state index contributed by atoms with van der Waals surface area (Å²) in [7, 11) is 1.64. The van der Waals surface area contributed by atoms with Crippen molar-refractivity contribution in [3.63, 3.8) is 0 Å². The zero-order chi connectivity index (χ0) is 16.8. The molecule has 0 aliphatic carbocycles. The van der Waals surface area contributed by atoms with Crippen molar-refractivity contribution in [1.29, 1.82) is 0 Å². The smallest absolute Gasteiger partial charge is 0.358 e. The first-order valence-corrected chi connectivity index (χ1v) is 8.62. The third-order valence-electron chi connectivity index (χ3n) is 4.32. The molecule has 1 aliphatic heterocycles. The highest BCUT2D eigenvalue weighted by Crippen LogP contribution is 2.27. The second-order valence-electron chi connectivity index (χ2n) is 6.04. The lowest BCUT2D eigenvalue weighted by molar-refractivity contribution is 0.0461. The Morgan fingerprint density at radius 1 is 1.17 bits per heavy atom. The highest BCUT2D eigenvalue weighted by atomic mass is 16.5. The number of benzene rings is 1. The summed E-state index contributed by atoms with van der Waals surface area (Å²) < 4.78 is 12.6. The Kier molecular flexibility index (Phi) is 5.64. The molecule has 24 heavy (non-hydrogen) atoms. The second kappa shape index (κ2) is 8.11. The van der Waals surface area contributed by atoms with E-state index in [4.69, 9.17) is 9.47 Å². The highest BCUT2D eigenvalue weighted by Gasteiger charge is 2.25. The molecule has 0 unspecified atom stereocenters. The molecule has 1 aromatic carbocycles. The van der Waals surface area contributed by atoms with Crippen LogP contribution in [0.25, 0.3) is 11.4 Å². The van der Waals surface area contributed by atoms with Crippen molar-refractivity contribution in [3.05, 3.63) is 41.7 Å². The number of ether oxygens (including phenoxy) is 2. The number of imidazole rings is 1. The number of methoxy groups -OCH3 is 1. The number of rotatable bonds is 6. The highest BCUT2D eigenvalue weighted by molar-refractivity contribution is 5.89. The molecule has 0 amide bonds. The molecule has 2 heterocycles. The first-order valence-electron chi connectivity index (χ1n) is 8.62. The van der Waals surface area contributed by atoms with Crippen LogP contribution in [-0.2, 0) is 22.4 Å². The predicted molar refractivity (Wildman–Crippen MR) is 92.0 cm³/mol. The molecule has 0 N–H and O–H groups in total. The Morgan fingerprint density at radius 2 is 2.00 bits per heavy atom. The molecule has 0 saturated carbocycles. The Labute approximate surface area is 142 Å². The molecule has 5 heteroatoms. The first kappa shape index (κ1) is 16.7. The molecule has 2 aromatic rings. The number of carbonyl (C=O) groups is 1. The van der Waals surface area contributed by atoms with E-state index in [2.05, 4.69) is 9.55 Å². The largest absolute Gasteiger partial charge is 0.461 e. The van der Waals surface area contributed by atoms with Crippen LogP contribution in [0.5, 0.6) is 0 Å². The molecule has 5 nitrogen and oxygen atoms in total. The predicted octanol–water partition coefficient (Wildman–Crippen LogP) is 3.47. The maximum Gasteiger partial charge on any atom is 0.358 e. The van der Waals surface area contributed by atoms with E-state index in [0.29, 0.717) is 25.3 Å². The van der Waals surface area contributed by atoms with Crippen LogP contribution in [0.4, 0.5) is 0 Å². The van der Waals surface area contributed by atoms with E-state index >= 15 is 0 Å². The van der Waals surface area contributed by atoms with Gasteiger partial charge in [0.1, 0.15) is 5.82 Å². The van der Waals surface area contributed by atoms with Crippen molar-refractivity contribution >= 4 is 5.97 Å². The molecule has 0 saturated heterocycles. The number of aromatic nitrogens is 2. The third-order valence-corrected chi connectivity index (χ3v) is 4.32. The van der Waals surface area contributed by atoms with Gasteiger partial charge in [0.05, 0.1) is 12.3 Å². The van der Waals surface area contributed by atoms with Gasteiger partial charge in [0.15, 0.2) is 5.69 Å². The van der Waals surface area contributed by atoms with E-state index in [1.54, 1.807) is 7.11 Å². The van der Waals surface area contributed by atoms with Gasteiger partial charge in [-0.2, -0.15) is 0 Å². The van der Waals surface area contributed by atoms with Crippen molar-refractivity contribution in [1.82, 2.24) is 9.55 Å². The van der Waals surface area contributed by atoms with Crippen molar-refractivity contribution < 1.29 is 14.3 Å². The molecule has 0 radical (unpaired) electrons. The molecule has 0 spiro atoms. The quantitative estimate of drug-likeness (QED) is 0.602. The zero-order valence-corrected chi connectivity index (χ0v) is 14.2. The van der Waals surface area contributed by atoms with Crippen molar-refractivity contribution in [2.45, 2.75) is 38.6 Å². The van der Waals surface area contributed by atoms with Crippen molar-refractivity contribution in [2.75, 3.05) is 20.3 Å². The minimum Gasteiger partial charge on any atom is -0.461 e. The van der Waals surface area contributed by atoms with E-state index in [1.807, 2.05) is 30.3 Å². The van der Waals surface area contributed by atoms with Gasteiger partial charge in [0, 0.05) is 32.2 Å². The van der Waals surface area contributed by atoms with Gasteiger partial charge in [0.25, 0.3) is 0 Å². The molecule has 1 aromatic heterocycles. The fourth-order valence-electron chi connectivity index (χ4n) is 3.13. The van der Waals surface area contributed by atoms with Gasteiger partial charge in [-0.1, -0.05) is 36.8 Å². The van der Waals surface area contributed by atoms with Crippen LogP contribution in [-0.4, -0.2) is 35.8 Å². The Hall–Kier alpha value is -2.14. The van der Waals surface area contributed by atoms with Gasteiger partial charge >= 0.3 is 5.97 Å². The van der Waals surface area contributed by atoms with E-state index in [1.165, 1.54) is 6.42 Å². The summed E-state index contributed by atoms with van der Waals surface area (Å²) in [5.41, 5.74) is 2.54. The van der Waals surface area contributed by atoms with E-state index < -0.39 is 0 Å². The second-order valence-corrected chi connectivity index (χ2v) is 6.04. The normalized spacial score (nSPS) is 14.0. The minimum atomic E-state index is -0.320. The molecule has 128 valence electrons. The van der Waals surface area contributed by atoms with Gasteiger partial charge in [-0.3, -0.25) is 0 Å². The molecular formula is C19H24N2O3. The van der Waals surface area contributed by atoms with Crippen LogP contribution in [0, 0.1) is 0 Å². The standard InChI is InChI=1S/C19H24N2O3/c1-23-13-8-14-24-19(22)17-16-11-6-3-7-12-21(16)18(20-17)15-9-4-2-5-10-15/h2,4-5,9-10H,3,6-8,11-14H2,1H3. The molecule has 1 aliphatic rings. The number of fused-ring (bicyclic) bond motifs is 1. The van der Waals surface area contributed by atoms with Crippen LogP contribution in [0.3, 0.4) is 0 Å². The van der Waals surface area contributed by atoms with Crippen LogP contribution >= 0.6 is 0 Å². The van der Waals surface area contributed by atoms with Crippen molar-refractivity contribution in [3.8, 4) is 11.4 Å². The van der Waals surface area contributed by atoms with Gasteiger partial charge in [-0.15, -0.1) is 0 Å². The zero-order valence-electron chi connectivity index (χ0n) is 14.2. The number of hydrogen-bond acceptors (Lipinski definition) is 4. The molecular weight excluding hydrogens is 304 g/mol. The number of nitrogens with zero attached hydrogens (tertiary/aromatic N) is 2. The Balaban J connectivity index is 1.89. The molecule has 0 fully saturated rings. The van der Waals surface area contributed by atoms with Crippen molar-refractivity contribution in [2.24, 2.45) is 0 Å². The SMILES string of the molecule is COCCCOC(=O)c1nc(-c2ccccc2)n2c1CCCCC2. The lowest BCUT2D eigenvalue weighted by Gasteiger charge is -2.08. The summed E-state index contributed by atoms with van der Waals surface area (Å²) >= 11 is 0. The number of carbonyl (C=O) groups excluding carboxylic acids is 1.